The van der Waals surface area contributed by atoms with Gasteiger partial charge in [-0.05, 0) is 67.2 Å². The number of piperidine rings is 2. The predicted molar refractivity (Wildman–Crippen MR) is 126 cm³/mol. The third-order valence-electron chi connectivity index (χ3n) is 5.46. The first-order valence-electron chi connectivity index (χ1n) is 11.8. The molecule has 0 aromatic rings. The average molecular weight is 475 g/mol. The van der Waals surface area contributed by atoms with Gasteiger partial charge in [0.05, 0.1) is 0 Å². The Morgan fingerprint density at radius 3 is 1.32 bits per heavy atom. The van der Waals surface area contributed by atoms with Crippen LogP contribution in [0, 0.1) is 22.7 Å². The average Bonchev–Trinajstić information content (AvgIpc) is 2.73. The van der Waals surface area contributed by atoms with Crippen molar-refractivity contribution in [2.45, 2.75) is 90.5 Å². The summed E-state index contributed by atoms with van der Waals surface area (Å²) in [6.07, 6.45) is 2.03. The topological polar surface area (TPSA) is 131 Å². The molecule has 0 atom stereocenters. The largest absolute Gasteiger partial charge is 0.444 e. The molecule has 0 aliphatic carbocycles. The zero-order valence-corrected chi connectivity index (χ0v) is 21.2. The summed E-state index contributed by atoms with van der Waals surface area (Å²) >= 11 is 0. The molecule has 34 heavy (non-hydrogen) atoms. The van der Waals surface area contributed by atoms with E-state index in [9.17, 15) is 20.1 Å². The molecule has 0 saturated carbocycles. The van der Waals surface area contributed by atoms with Crippen molar-refractivity contribution in [3.8, 4) is 12.1 Å². The Balaban J connectivity index is 1.92. The summed E-state index contributed by atoms with van der Waals surface area (Å²) < 4.78 is 10.9. The Morgan fingerprint density at radius 2 is 1.06 bits per heavy atom. The first-order chi connectivity index (χ1) is 15.8. The van der Waals surface area contributed by atoms with Crippen molar-refractivity contribution in [1.29, 1.82) is 10.5 Å². The number of allylic oxidation sites excluding steroid dienone is 1. The van der Waals surface area contributed by atoms with Gasteiger partial charge in [-0.2, -0.15) is 10.5 Å². The van der Waals surface area contributed by atoms with Crippen molar-refractivity contribution in [3.05, 3.63) is 11.4 Å². The van der Waals surface area contributed by atoms with E-state index in [0.717, 1.165) is 0 Å². The van der Waals surface area contributed by atoms with Crippen LogP contribution < -0.4 is 10.6 Å². The second-order valence-electron chi connectivity index (χ2n) is 10.7. The van der Waals surface area contributed by atoms with E-state index >= 15 is 0 Å². The summed E-state index contributed by atoms with van der Waals surface area (Å²) in [6, 6.07) is 3.95. The van der Waals surface area contributed by atoms with Crippen LogP contribution in [0.4, 0.5) is 9.59 Å². The number of amides is 2. The van der Waals surface area contributed by atoms with E-state index in [0.29, 0.717) is 57.7 Å². The van der Waals surface area contributed by atoms with E-state index in [2.05, 4.69) is 10.6 Å². The van der Waals surface area contributed by atoms with E-state index in [1.54, 1.807) is 9.80 Å². The minimum Gasteiger partial charge on any atom is -0.444 e. The molecule has 188 valence electrons. The first-order valence-corrected chi connectivity index (χ1v) is 11.8. The van der Waals surface area contributed by atoms with Gasteiger partial charge in [-0.15, -0.1) is 0 Å². The third-order valence-corrected chi connectivity index (χ3v) is 5.46. The molecule has 0 spiro atoms. The monoisotopic (exact) mass is 474 g/mol. The molecule has 0 unspecified atom stereocenters. The highest BCUT2D eigenvalue weighted by Gasteiger charge is 2.30. The van der Waals surface area contributed by atoms with Crippen molar-refractivity contribution in [3.63, 3.8) is 0 Å². The van der Waals surface area contributed by atoms with Crippen molar-refractivity contribution in [1.82, 2.24) is 20.4 Å². The number of nitriles is 2. The van der Waals surface area contributed by atoms with Gasteiger partial charge in [0.15, 0.2) is 5.57 Å². The second-order valence-corrected chi connectivity index (χ2v) is 10.7. The normalized spacial score (nSPS) is 17.8. The molecule has 2 N–H and O–H groups in total. The van der Waals surface area contributed by atoms with Gasteiger partial charge in [-0.3, -0.25) is 0 Å². The molecule has 2 fully saturated rings. The lowest BCUT2D eigenvalue weighted by molar-refractivity contribution is 0.0195. The molecule has 10 heteroatoms. The van der Waals surface area contributed by atoms with Crippen LogP contribution in [-0.2, 0) is 9.47 Å². The predicted octanol–water partition coefficient (Wildman–Crippen LogP) is 3.22. The molecular formula is C24H38N6O4. The molecule has 0 radical (unpaired) electrons. The van der Waals surface area contributed by atoms with Crippen LogP contribution in [0.5, 0.6) is 0 Å². The highest BCUT2D eigenvalue weighted by Crippen LogP contribution is 2.19. The van der Waals surface area contributed by atoms with Crippen LogP contribution in [0.25, 0.3) is 0 Å². The van der Waals surface area contributed by atoms with Crippen LogP contribution in [0.1, 0.15) is 67.2 Å². The Kier molecular flexibility index (Phi) is 9.03. The van der Waals surface area contributed by atoms with Gasteiger partial charge in [-0.25, -0.2) is 9.59 Å². The molecule has 0 aromatic heterocycles. The zero-order chi connectivity index (χ0) is 25.5. The number of ether oxygens (including phenoxy) is 2. The maximum atomic E-state index is 12.3. The van der Waals surface area contributed by atoms with Crippen molar-refractivity contribution >= 4 is 12.2 Å². The summed E-state index contributed by atoms with van der Waals surface area (Å²) in [5.41, 5.74) is -1.09. The number of carbonyl (C=O) groups is 2. The first kappa shape index (κ1) is 27.1. The van der Waals surface area contributed by atoms with E-state index in [1.165, 1.54) is 0 Å². The molecule has 2 aliphatic heterocycles. The number of rotatable bonds is 4. The molecular weight excluding hydrogens is 436 g/mol. The van der Waals surface area contributed by atoms with Crippen LogP contribution >= 0.6 is 0 Å². The third kappa shape index (κ3) is 8.66. The van der Waals surface area contributed by atoms with Gasteiger partial charge in [0.2, 0.25) is 0 Å². The Morgan fingerprint density at radius 1 is 0.735 bits per heavy atom. The highest BCUT2D eigenvalue weighted by molar-refractivity contribution is 5.68. The standard InChI is InChI=1S/C24H38N6O4/c1-23(2,3)33-21(31)29-11-7-18(8-12-29)27-20(17(15-25)16-26)28-19-9-13-30(14-10-19)22(32)34-24(4,5)6/h18-19,27-28H,7-14H2,1-6H3. The summed E-state index contributed by atoms with van der Waals surface area (Å²) in [6.45, 7) is 13.2. The smallest absolute Gasteiger partial charge is 0.410 e. The number of hydrogen-bond acceptors (Lipinski definition) is 8. The zero-order valence-electron chi connectivity index (χ0n) is 21.2. The number of likely N-dealkylation sites (tertiary alicyclic amines) is 2. The summed E-state index contributed by atoms with van der Waals surface area (Å²) in [5.74, 6) is 0.413. The second kappa shape index (κ2) is 11.3. The number of nitrogens with one attached hydrogen (secondary N) is 2. The highest BCUT2D eigenvalue weighted by atomic mass is 16.6. The summed E-state index contributed by atoms with van der Waals surface area (Å²) in [5, 5.41) is 25.5. The number of nitrogens with zero attached hydrogens (tertiary/aromatic N) is 4. The van der Waals surface area contributed by atoms with Gasteiger partial charge >= 0.3 is 12.2 Å². The molecule has 0 aromatic carbocycles. The maximum absolute atomic E-state index is 12.3. The van der Waals surface area contributed by atoms with E-state index in [1.807, 2.05) is 53.7 Å². The van der Waals surface area contributed by atoms with Gasteiger partial charge in [0.25, 0.3) is 0 Å². The van der Waals surface area contributed by atoms with Crippen LogP contribution in [-0.4, -0.2) is 71.5 Å². The van der Waals surface area contributed by atoms with Gasteiger partial charge in [0, 0.05) is 38.3 Å². The van der Waals surface area contributed by atoms with Crippen molar-refractivity contribution in [2.24, 2.45) is 0 Å². The van der Waals surface area contributed by atoms with E-state index in [-0.39, 0.29) is 29.8 Å². The quantitative estimate of drug-likeness (QED) is 0.594. The Hall–Kier alpha value is -3.14. The van der Waals surface area contributed by atoms with Gasteiger partial charge < -0.3 is 29.9 Å². The van der Waals surface area contributed by atoms with E-state index < -0.39 is 11.2 Å². The fourth-order valence-corrected chi connectivity index (χ4v) is 3.80. The van der Waals surface area contributed by atoms with Crippen molar-refractivity contribution < 1.29 is 19.1 Å². The fourth-order valence-electron chi connectivity index (χ4n) is 3.80. The number of hydrogen-bond donors (Lipinski definition) is 2. The molecule has 10 nitrogen and oxygen atoms in total. The van der Waals surface area contributed by atoms with Crippen LogP contribution in [0.2, 0.25) is 0 Å². The Bertz CT molecular complexity index is 775. The van der Waals surface area contributed by atoms with Crippen molar-refractivity contribution in [2.75, 3.05) is 26.2 Å². The minimum atomic E-state index is -0.542. The molecule has 2 amide bonds. The molecule has 2 rings (SSSR count). The molecule has 2 aliphatic rings. The van der Waals surface area contributed by atoms with E-state index in [4.69, 9.17) is 9.47 Å². The summed E-state index contributed by atoms with van der Waals surface area (Å²) in [7, 11) is 0. The molecule has 2 saturated heterocycles. The lowest BCUT2D eigenvalue weighted by Gasteiger charge is -2.36. The van der Waals surface area contributed by atoms with Crippen LogP contribution in [0.3, 0.4) is 0 Å². The lowest BCUT2D eigenvalue weighted by Crippen LogP contribution is -2.50. The lowest BCUT2D eigenvalue weighted by atomic mass is 10.0. The molecule has 2 heterocycles. The maximum Gasteiger partial charge on any atom is 0.410 e. The minimum absolute atomic E-state index is 0.0101. The van der Waals surface area contributed by atoms with Gasteiger partial charge in [0.1, 0.15) is 29.2 Å². The van der Waals surface area contributed by atoms with Gasteiger partial charge in [-0.1, -0.05) is 0 Å². The SMILES string of the molecule is CC(C)(C)OC(=O)N1CCC(NC(NC2CCN(C(=O)OC(C)(C)C)CC2)=C(C#N)C#N)CC1. The Labute approximate surface area is 202 Å². The van der Waals surface area contributed by atoms with Crippen LogP contribution in [0.15, 0.2) is 11.4 Å². The summed E-state index contributed by atoms with van der Waals surface area (Å²) in [4.78, 5) is 28.0. The molecule has 0 bridgehead atoms. The fraction of sp³-hybridized carbons (Fsp3) is 0.750. The number of carbonyl (C=O) groups excluding carboxylic acids is 2.